The van der Waals surface area contributed by atoms with Gasteiger partial charge in [-0.25, -0.2) is 9.97 Å². The van der Waals surface area contributed by atoms with E-state index in [2.05, 4.69) is 39.0 Å². The normalized spacial score (nSPS) is 13.3. The third kappa shape index (κ3) is 11.1. The summed E-state index contributed by atoms with van der Waals surface area (Å²) in [7, 11) is 0. The number of fused-ring (bicyclic) bond motifs is 1. The summed E-state index contributed by atoms with van der Waals surface area (Å²) in [5.41, 5.74) is 7.36. The van der Waals surface area contributed by atoms with Crippen LogP contribution in [-0.2, 0) is 11.3 Å². The van der Waals surface area contributed by atoms with Crippen molar-refractivity contribution in [3.8, 4) is 0 Å². The molecule has 9 heteroatoms. The van der Waals surface area contributed by atoms with Crippen molar-refractivity contribution >= 4 is 34.4 Å². The van der Waals surface area contributed by atoms with Crippen molar-refractivity contribution in [1.82, 2.24) is 20.3 Å². The number of anilines is 1. The van der Waals surface area contributed by atoms with Gasteiger partial charge in [-0.05, 0) is 43.5 Å². The van der Waals surface area contributed by atoms with Crippen LogP contribution < -0.4 is 16.0 Å². The van der Waals surface area contributed by atoms with Gasteiger partial charge in [0.15, 0.2) is 0 Å². The molecule has 0 bridgehead atoms. The van der Waals surface area contributed by atoms with Crippen molar-refractivity contribution in [2.24, 2.45) is 5.73 Å². The van der Waals surface area contributed by atoms with E-state index in [-0.39, 0.29) is 12.5 Å². The van der Waals surface area contributed by atoms with Gasteiger partial charge in [0.05, 0.1) is 10.9 Å². The quantitative estimate of drug-likeness (QED) is 0.341. The highest BCUT2D eigenvalue weighted by Crippen LogP contribution is 2.28. The summed E-state index contributed by atoms with van der Waals surface area (Å²) in [5, 5.41) is 12.2. The second-order valence-electron chi connectivity index (χ2n) is 7.91. The minimum absolute atomic E-state index is 0.119. The second-order valence-corrected chi connectivity index (χ2v) is 8.35. The average Bonchev–Trinajstić information content (AvgIpc) is 3.41. The number of halogens is 1. The molecule has 1 aromatic carbocycles. The SMILES string of the molecule is CC.CC.CCC.CCO.NC1(C(=O)NCc2ccc(Cl)cc2)CCN(c2ncnc3[nH]ccc23)CC1. The van der Waals surface area contributed by atoms with Crippen molar-refractivity contribution in [1.29, 1.82) is 0 Å². The van der Waals surface area contributed by atoms with Gasteiger partial charge >= 0.3 is 0 Å². The number of benzene rings is 1. The molecular weight excluding hydrogens is 488 g/mol. The van der Waals surface area contributed by atoms with Crippen LogP contribution in [0.4, 0.5) is 5.82 Å². The Kier molecular flexibility index (Phi) is 18.0. The van der Waals surface area contributed by atoms with Crippen LogP contribution in [0.2, 0.25) is 5.02 Å². The Morgan fingerprint density at radius 1 is 1.08 bits per heavy atom. The number of piperidine rings is 1. The van der Waals surface area contributed by atoms with E-state index in [4.69, 9.17) is 22.4 Å². The number of aliphatic hydroxyl groups excluding tert-OH is 1. The highest BCUT2D eigenvalue weighted by molar-refractivity contribution is 6.30. The first-order chi connectivity index (χ1) is 17.9. The van der Waals surface area contributed by atoms with Crippen LogP contribution >= 0.6 is 11.6 Å². The number of hydrogen-bond donors (Lipinski definition) is 4. The fourth-order valence-electron chi connectivity index (χ4n) is 3.42. The number of aromatic nitrogens is 3. The molecule has 1 amide bonds. The first kappa shape index (κ1) is 34.3. The molecule has 208 valence electrons. The average molecular weight is 535 g/mol. The molecule has 4 rings (SSSR count). The number of H-pyrrole nitrogens is 1. The van der Waals surface area contributed by atoms with Gasteiger partial charge < -0.3 is 26.0 Å². The van der Waals surface area contributed by atoms with E-state index in [9.17, 15) is 4.79 Å². The zero-order valence-corrected chi connectivity index (χ0v) is 24.4. The number of amides is 1. The maximum absolute atomic E-state index is 12.7. The molecule has 0 aliphatic carbocycles. The molecule has 0 radical (unpaired) electrons. The van der Waals surface area contributed by atoms with Gasteiger partial charge in [0, 0.05) is 37.5 Å². The molecule has 0 saturated carbocycles. The lowest BCUT2D eigenvalue weighted by atomic mass is 9.87. The lowest BCUT2D eigenvalue weighted by molar-refractivity contribution is -0.127. The van der Waals surface area contributed by atoms with Gasteiger partial charge in [-0.15, -0.1) is 0 Å². The molecule has 37 heavy (non-hydrogen) atoms. The van der Waals surface area contributed by atoms with Crippen LogP contribution in [0, 0.1) is 0 Å². The third-order valence-corrected chi connectivity index (χ3v) is 5.36. The number of carbonyl (C=O) groups excluding carboxylic acids is 1. The van der Waals surface area contributed by atoms with Crippen LogP contribution in [-0.4, -0.2) is 51.2 Å². The highest BCUT2D eigenvalue weighted by Gasteiger charge is 2.38. The van der Waals surface area contributed by atoms with E-state index in [0.29, 0.717) is 37.5 Å². The van der Waals surface area contributed by atoms with E-state index in [1.165, 1.54) is 6.42 Å². The molecule has 0 atom stereocenters. The topological polar surface area (TPSA) is 120 Å². The van der Waals surface area contributed by atoms with E-state index in [1.54, 1.807) is 13.3 Å². The summed E-state index contributed by atoms with van der Waals surface area (Å²) >= 11 is 5.89. The monoisotopic (exact) mass is 534 g/mol. The van der Waals surface area contributed by atoms with Gasteiger partial charge in [-0.1, -0.05) is 71.7 Å². The van der Waals surface area contributed by atoms with Crippen LogP contribution in [0.3, 0.4) is 0 Å². The third-order valence-electron chi connectivity index (χ3n) is 5.11. The Morgan fingerprint density at radius 3 is 2.16 bits per heavy atom. The van der Waals surface area contributed by atoms with Gasteiger partial charge in [0.2, 0.25) is 5.91 Å². The Bertz CT molecular complexity index is 984. The van der Waals surface area contributed by atoms with Crippen molar-refractivity contribution in [3.05, 3.63) is 53.4 Å². The predicted octanol–water partition coefficient (Wildman–Crippen LogP) is 5.69. The second kappa shape index (κ2) is 19.4. The molecule has 1 aliphatic heterocycles. The molecular formula is C28H47ClN6O2. The number of nitrogens with two attached hydrogens (primary N) is 1. The number of aromatic amines is 1. The highest BCUT2D eigenvalue weighted by atomic mass is 35.5. The molecule has 1 saturated heterocycles. The summed E-state index contributed by atoms with van der Waals surface area (Å²) in [4.78, 5) is 26.6. The number of aliphatic hydroxyl groups is 1. The van der Waals surface area contributed by atoms with Crippen LogP contribution in [0.25, 0.3) is 11.0 Å². The first-order valence-corrected chi connectivity index (χ1v) is 13.7. The Morgan fingerprint density at radius 2 is 1.62 bits per heavy atom. The zero-order chi connectivity index (χ0) is 28.3. The van der Waals surface area contributed by atoms with E-state index < -0.39 is 5.54 Å². The Hall–Kier alpha value is -2.68. The van der Waals surface area contributed by atoms with E-state index in [0.717, 1.165) is 22.4 Å². The smallest absolute Gasteiger partial charge is 0.240 e. The Balaban J connectivity index is 0.00000114. The number of rotatable bonds is 4. The minimum atomic E-state index is -0.868. The number of hydrogen-bond acceptors (Lipinski definition) is 6. The first-order valence-electron chi connectivity index (χ1n) is 13.3. The maximum Gasteiger partial charge on any atom is 0.240 e. The maximum atomic E-state index is 12.7. The summed E-state index contributed by atoms with van der Waals surface area (Å²) in [6.07, 6.45) is 5.78. The number of nitrogens with zero attached hydrogens (tertiary/aromatic N) is 3. The van der Waals surface area contributed by atoms with Crippen LogP contribution in [0.1, 0.15) is 73.3 Å². The fraction of sp³-hybridized carbons (Fsp3) is 0.536. The fourth-order valence-corrected chi connectivity index (χ4v) is 3.54. The lowest BCUT2D eigenvalue weighted by Crippen LogP contribution is -2.59. The Labute approximate surface area is 228 Å². The van der Waals surface area contributed by atoms with Gasteiger partial charge in [-0.3, -0.25) is 4.79 Å². The van der Waals surface area contributed by atoms with Crippen molar-refractivity contribution in [2.45, 2.75) is 79.8 Å². The molecule has 3 aromatic rings. The van der Waals surface area contributed by atoms with Gasteiger partial charge in [0.25, 0.3) is 0 Å². The molecule has 3 heterocycles. The van der Waals surface area contributed by atoms with E-state index >= 15 is 0 Å². The number of nitrogens with one attached hydrogen (secondary N) is 2. The predicted molar refractivity (Wildman–Crippen MR) is 157 cm³/mol. The molecule has 1 aliphatic rings. The zero-order valence-electron chi connectivity index (χ0n) is 23.6. The molecule has 0 unspecified atom stereocenters. The summed E-state index contributed by atoms with van der Waals surface area (Å²) in [5.74, 6) is 0.761. The van der Waals surface area contributed by atoms with Gasteiger partial charge in [0.1, 0.15) is 17.8 Å². The van der Waals surface area contributed by atoms with Crippen LogP contribution in [0.5, 0.6) is 0 Å². The van der Waals surface area contributed by atoms with Crippen LogP contribution in [0.15, 0.2) is 42.9 Å². The molecule has 0 spiro atoms. The molecule has 5 N–H and O–H groups in total. The largest absolute Gasteiger partial charge is 0.397 e. The van der Waals surface area contributed by atoms with Crippen molar-refractivity contribution in [2.75, 3.05) is 24.6 Å². The van der Waals surface area contributed by atoms with E-state index in [1.807, 2.05) is 64.2 Å². The standard InChI is InChI=1S/C19H21ClN6O.C3H8.C2H6O.2C2H6/c20-14-3-1-13(2-4-14)11-23-18(27)19(21)6-9-26(10-7-19)17-15-5-8-22-16(15)24-12-25-17;1-3-2;1-2-3;2*1-2/h1-5,8,12H,6-7,9-11,21H2,(H,23,27)(H,22,24,25);3H2,1-2H3;3H,2H2,1H3;2*1-2H3. The molecule has 2 aromatic heterocycles. The summed E-state index contributed by atoms with van der Waals surface area (Å²) in [6.45, 7) is 16.0. The van der Waals surface area contributed by atoms with Crippen molar-refractivity contribution < 1.29 is 9.90 Å². The summed E-state index contributed by atoms with van der Waals surface area (Å²) < 4.78 is 0. The lowest BCUT2D eigenvalue weighted by Gasteiger charge is -2.38. The molecule has 8 nitrogen and oxygen atoms in total. The van der Waals surface area contributed by atoms with Crippen molar-refractivity contribution in [3.63, 3.8) is 0 Å². The van der Waals surface area contributed by atoms with Gasteiger partial charge in [-0.2, -0.15) is 0 Å². The molecule has 1 fully saturated rings. The minimum Gasteiger partial charge on any atom is -0.397 e. The number of carbonyl (C=O) groups is 1. The summed E-state index contributed by atoms with van der Waals surface area (Å²) in [6, 6.07) is 9.37.